The highest BCUT2D eigenvalue weighted by Crippen LogP contribution is 2.21. The monoisotopic (exact) mass is 244 g/mol. The standard InChI is InChI=1S/C6H6O2.C4H6O5/c7-5-3-1-2-4-6(5)8;5-3(6)1-9-2-4(7)8/h1-4,7-8H;1-2H2,(H,5,6)(H,7,8). The zero-order chi connectivity index (χ0) is 13.3. The van der Waals surface area contributed by atoms with Crippen LogP contribution in [0.3, 0.4) is 0 Å². The van der Waals surface area contributed by atoms with Crippen molar-refractivity contribution in [3.8, 4) is 11.5 Å². The number of phenolic OH excluding ortho intramolecular Hbond substituents is 2. The molecule has 0 saturated heterocycles. The lowest BCUT2D eigenvalue weighted by molar-refractivity contribution is -0.148. The number of rotatable bonds is 4. The highest BCUT2D eigenvalue weighted by atomic mass is 16.5. The van der Waals surface area contributed by atoms with Gasteiger partial charge in [0.1, 0.15) is 13.2 Å². The molecule has 0 aromatic heterocycles. The molecule has 7 heteroatoms. The highest BCUT2D eigenvalue weighted by molar-refractivity contribution is 5.70. The number of aromatic hydroxyl groups is 2. The SMILES string of the molecule is O=C(O)COCC(=O)O.Oc1ccccc1O. The molecule has 0 saturated carbocycles. The number of carboxylic acid groups (broad SMARTS) is 2. The molecular weight excluding hydrogens is 232 g/mol. The summed E-state index contributed by atoms with van der Waals surface area (Å²) in [7, 11) is 0. The molecular formula is C10H12O7. The molecule has 94 valence electrons. The summed E-state index contributed by atoms with van der Waals surface area (Å²) in [6, 6.07) is 6.15. The Bertz CT molecular complexity index is 340. The number of carboxylic acids is 2. The summed E-state index contributed by atoms with van der Waals surface area (Å²) in [5, 5.41) is 33.2. The summed E-state index contributed by atoms with van der Waals surface area (Å²) in [6.45, 7) is -1.13. The van der Waals surface area contributed by atoms with Gasteiger partial charge in [0, 0.05) is 0 Å². The van der Waals surface area contributed by atoms with Crippen LogP contribution in [0.5, 0.6) is 11.5 Å². The zero-order valence-electron chi connectivity index (χ0n) is 8.74. The van der Waals surface area contributed by atoms with Crippen LogP contribution < -0.4 is 0 Å². The summed E-state index contributed by atoms with van der Waals surface area (Å²) in [4.78, 5) is 19.3. The molecule has 0 aliphatic carbocycles. The molecule has 7 nitrogen and oxygen atoms in total. The average Bonchev–Trinajstić information content (AvgIpc) is 2.22. The fraction of sp³-hybridized carbons (Fsp3) is 0.200. The lowest BCUT2D eigenvalue weighted by Gasteiger charge is -1.92. The van der Waals surface area contributed by atoms with Crippen molar-refractivity contribution in [1.82, 2.24) is 0 Å². The number of hydrogen-bond donors (Lipinski definition) is 4. The first-order chi connectivity index (χ1) is 7.93. The van der Waals surface area contributed by atoms with Gasteiger partial charge < -0.3 is 25.2 Å². The Labute approximate surface area is 96.5 Å². The van der Waals surface area contributed by atoms with Crippen molar-refractivity contribution in [2.24, 2.45) is 0 Å². The van der Waals surface area contributed by atoms with E-state index >= 15 is 0 Å². The average molecular weight is 244 g/mol. The third-order valence-corrected chi connectivity index (χ3v) is 1.33. The van der Waals surface area contributed by atoms with Gasteiger partial charge >= 0.3 is 11.9 Å². The van der Waals surface area contributed by atoms with Gasteiger partial charge in [0.05, 0.1) is 0 Å². The van der Waals surface area contributed by atoms with Crippen molar-refractivity contribution >= 4 is 11.9 Å². The predicted octanol–water partition coefficient (Wildman–Crippen LogP) is 0.270. The van der Waals surface area contributed by atoms with Crippen LogP contribution in [0.1, 0.15) is 0 Å². The van der Waals surface area contributed by atoms with Crippen LogP contribution in [-0.2, 0) is 14.3 Å². The van der Waals surface area contributed by atoms with Crippen molar-refractivity contribution in [3.63, 3.8) is 0 Å². The molecule has 17 heavy (non-hydrogen) atoms. The van der Waals surface area contributed by atoms with Crippen LogP contribution >= 0.6 is 0 Å². The first kappa shape index (κ1) is 14.7. The number of carbonyl (C=O) groups is 2. The van der Waals surface area contributed by atoms with E-state index in [1.165, 1.54) is 12.1 Å². The van der Waals surface area contributed by atoms with Crippen molar-refractivity contribution in [1.29, 1.82) is 0 Å². The van der Waals surface area contributed by atoms with E-state index in [9.17, 15) is 9.59 Å². The molecule has 1 aromatic carbocycles. The Balaban J connectivity index is 0.000000302. The second-order valence-corrected chi connectivity index (χ2v) is 2.77. The fourth-order valence-electron chi connectivity index (χ4n) is 0.690. The molecule has 0 heterocycles. The molecule has 0 amide bonds. The quantitative estimate of drug-likeness (QED) is 0.560. The molecule has 1 aromatic rings. The molecule has 0 radical (unpaired) electrons. The summed E-state index contributed by atoms with van der Waals surface area (Å²) in [5.74, 6) is -2.49. The zero-order valence-corrected chi connectivity index (χ0v) is 8.74. The van der Waals surface area contributed by atoms with E-state index in [2.05, 4.69) is 4.74 Å². The first-order valence-electron chi connectivity index (χ1n) is 4.41. The van der Waals surface area contributed by atoms with Crippen LogP contribution in [0.2, 0.25) is 0 Å². The van der Waals surface area contributed by atoms with E-state index in [4.69, 9.17) is 20.4 Å². The largest absolute Gasteiger partial charge is 0.504 e. The van der Waals surface area contributed by atoms with Crippen molar-refractivity contribution in [2.45, 2.75) is 0 Å². The number of aliphatic carboxylic acids is 2. The van der Waals surface area contributed by atoms with Crippen LogP contribution in [0.25, 0.3) is 0 Å². The maximum Gasteiger partial charge on any atom is 0.329 e. The number of benzene rings is 1. The molecule has 0 aliphatic rings. The maximum absolute atomic E-state index is 9.66. The van der Waals surface area contributed by atoms with Crippen molar-refractivity contribution in [2.75, 3.05) is 13.2 Å². The third kappa shape index (κ3) is 8.70. The number of ether oxygens (including phenoxy) is 1. The van der Waals surface area contributed by atoms with Gasteiger partial charge in [-0.25, -0.2) is 9.59 Å². The molecule has 0 bridgehead atoms. The Morgan fingerprint density at radius 1 is 0.941 bits per heavy atom. The fourth-order valence-corrected chi connectivity index (χ4v) is 0.690. The van der Waals surface area contributed by atoms with E-state index in [0.717, 1.165) is 0 Å². The van der Waals surface area contributed by atoms with Crippen LogP contribution in [0.4, 0.5) is 0 Å². The van der Waals surface area contributed by atoms with Gasteiger partial charge in [0.2, 0.25) is 0 Å². The van der Waals surface area contributed by atoms with E-state index in [1.54, 1.807) is 12.1 Å². The molecule has 0 aliphatic heterocycles. The molecule has 0 unspecified atom stereocenters. The van der Waals surface area contributed by atoms with Crippen molar-refractivity contribution < 1.29 is 34.8 Å². The number of phenols is 2. The van der Waals surface area contributed by atoms with Crippen LogP contribution in [0.15, 0.2) is 24.3 Å². The summed E-state index contributed by atoms with van der Waals surface area (Å²) >= 11 is 0. The second kappa shape index (κ2) is 7.94. The van der Waals surface area contributed by atoms with Gasteiger partial charge in [0.25, 0.3) is 0 Å². The molecule has 4 N–H and O–H groups in total. The normalized spacial score (nSPS) is 8.94. The predicted molar refractivity (Wildman–Crippen MR) is 55.9 cm³/mol. The molecule has 0 fully saturated rings. The lowest BCUT2D eigenvalue weighted by atomic mass is 10.3. The first-order valence-corrected chi connectivity index (χ1v) is 4.41. The minimum atomic E-state index is -1.17. The Morgan fingerprint density at radius 3 is 1.53 bits per heavy atom. The van der Waals surface area contributed by atoms with Gasteiger partial charge in [-0.15, -0.1) is 0 Å². The molecule has 1 rings (SSSR count). The second-order valence-electron chi connectivity index (χ2n) is 2.77. The van der Waals surface area contributed by atoms with E-state index < -0.39 is 25.2 Å². The van der Waals surface area contributed by atoms with Gasteiger partial charge in [-0.3, -0.25) is 0 Å². The molecule has 0 spiro atoms. The number of hydrogen-bond acceptors (Lipinski definition) is 5. The van der Waals surface area contributed by atoms with Gasteiger partial charge in [-0.05, 0) is 12.1 Å². The van der Waals surface area contributed by atoms with Crippen LogP contribution in [-0.4, -0.2) is 45.6 Å². The minimum absolute atomic E-state index is 0.0764. The summed E-state index contributed by atoms with van der Waals surface area (Å²) in [6.07, 6.45) is 0. The Hall–Kier alpha value is -2.28. The molecule has 0 atom stereocenters. The Kier molecular flexibility index (Phi) is 6.88. The van der Waals surface area contributed by atoms with Crippen LogP contribution in [0, 0.1) is 0 Å². The van der Waals surface area contributed by atoms with E-state index in [1.807, 2.05) is 0 Å². The topological polar surface area (TPSA) is 124 Å². The summed E-state index contributed by atoms with van der Waals surface area (Å²) in [5.41, 5.74) is 0. The maximum atomic E-state index is 9.66. The number of para-hydroxylation sites is 2. The lowest BCUT2D eigenvalue weighted by Crippen LogP contribution is -2.13. The highest BCUT2D eigenvalue weighted by Gasteiger charge is 1.99. The summed E-state index contributed by atoms with van der Waals surface area (Å²) < 4.78 is 4.16. The van der Waals surface area contributed by atoms with Gasteiger partial charge in [0.15, 0.2) is 11.5 Å². The van der Waals surface area contributed by atoms with Crippen molar-refractivity contribution in [3.05, 3.63) is 24.3 Å². The van der Waals surface area contributed by atoms with Gasteiger partial charge in [-0.2, -0.15) is 0 Å². The smallest absolute Gasteiger partial charge is 0.329 e. The minimum Gasteiger partial charge on any atom is -0.504 e. The van der Waals surface area contributed by atoms with E-state index in [0.29, 0.717) is 0 Å². The third-order valence-electron chi connectivity index (χ3n) is 1.33. The van der Waals surface area contributed by atoms with E-state index in [-0.39, 0.29) is 11.5 Å². The van der Waals surface area contributed by atoms with Gasteiger partial charge in [-0.1, -0.05) is 12.1 Å². The Morgan fingerprint density at radius 2 is 1.29 bits per heavy atom.